The van der Waals surface area contributed by atoms with Crippen molar-refractivity contribution >= 4 is 16.7 Å². The number of hydrogen-bond donors (Lipinski definition) is 0. The lowest BCUT2D eigenvalue weighted by molar-refractivity contribution is -0.161. The molecule has 3 unspecified atom stereocenters. The van der Waals surface area contributed by atoms with Crippen LogP contribution in [0.4, 0.5) is 17.6 Å². The fraction of sp³-hybridized carbons (Fsp3) is 0.393. The van der Waals surface area contributed by atoms with Gasteiger partial charge in [0.05, 0.1) is 11.5 Å². The highest BCUT2D eigenvalue weighted by Crippen LogP contribution is 2.36. The molecular formula is C28H30F4O2. The fourth-order valence-corrected chi connectivity index (χ4v) is 4.08. The topological polar surface area (TPSA) is 26.3 Å². The largest absolute Gasteiger partial charge is 0.460 e. The molecule has 0 aliphatic rings. The van der Waals surface area contributed by atoms with Crippen molar-refractivity contribution in [1.29, 1.82) is 0 Å². The number of benzene rings is 3. The summed E-state index contributed by atoms with van der Waals surface area (Å²) in [6, 6.07) is 18.1. The summed E-state index contributed by atoms with van der Waals surface area (Å²) in [7, 11) is 0. The molecule has 0 bridgehead atoms. The molecule has 6 heteroatoms. The van der Waals surface area contributed by atoms with Crippen LogP contribution >= 0.6 is 0 Å². The van der Waals surface area contributed by atoms with Gasteiger partial charge < -0.3 is 4.74 Å². The molecule has 0 radical (unpaired) electrons. The number of alkyl halides is 4. The van der Waals surface area contributed by atoms with E-state index in [-0.39, 0.29) is 24.3 Å². The molecule has 0 aromatic heterocycles. The van der Waals surface area contributed by atoms with Gasteiger partial charge in [-0.2, -0.15) is 13.2 Å². The summed E-state index contributed by atoms with van der Waals surface area (Å²) >= 11 is 0. The van der Waals surface area contributed by atoms with Crippen molar-refractivity contribution in [1.82, 2.24) is 0 Å². The zero-order valence-corrected chi connectivity index (χ0v) is 19.8. The van der Waals surface area contributed by atoms with E-state index in [1.807, 2.05) is 49.4 Å². The lowest BCUT2D eigenvalue weighted by atomic mass is 9.82. The monoisotopic (exact) mass is 474 g/mol. The number of esters is 1. The molecule has 34 heavy (non-hydrogen) atoms. The average Bonchev–Trinajstić information content (AvgIpc) is 2.77. The van der Waals surface area contributed by atoms with Gasteiger partial charge in [-0.25, -0.2) is 4.39 Å². The number of halogens is 4. The third kappa shape index (κ3) is 6.58. The van der Waals surface area contributed by atoms with E-state index in [2.05, 4.69) is 0 Å². The van der Waals surface area contributed by atoms with Gasteiger partial charge in [0, 0.05) is 0 Å². The maximum absolute atomic E-state index is 15.0. The lowest BCUT2D eigenvalue weighted by Crippen LogP contribution is -2.31. The second-order valence-corrected chi connectivity index (χ2v) is 9.70. The van der Waals surface area contributed by atoms with Crippen LogP contribution in [0.2, 0.25) is 0 Å². The standard InChI is InChI=1S/C28H30F4O2/c1-18(20-13-12-19-8-5-6-9-21(19)16-20)24(26(33)34-27(2,3)4)14-15-25(29)22-10-7-11-23(17-22)28(30,31)32/h5-13,16-18,24-25H,14-15H2,1-4H3. The highest BCUT2D eigenvalue weighted by Gasteiger charge is 2.33. The highest BCUT2D eigenvalue weighted by atomic mass is 19.4. The molecule has 3 rings (SSSR count). The fourth-order valence-electron chi connectivity index (χ4n) is 4.08. The van der Waals surface area contributed by atoms with Crippen molar-refractivity contribution in [3.8, 4) is 0 Å². The van der Waals surface area contributed by atoms with Crippen molar-refractivity contribution in [3.63, 3.8) is 0 Å². The van der Waals surface area contributed by atoms with Crippen molar-refractivity contribution < 1.29 is 27.1 Å². The molecule has 0 amide bonds. The second-order valence-electron chi connectivity index (χ2n) is 9.70. The molecule has 0 N–H and O–H groups in total. The Labute approximate surface area is 197 Å². The van der Waals surface area contributed by atoms with Crippen molar-refractivity contribution in [2.75, 3.05) is 0 Å². The van der Waals surface area contributed by atoms with Crippen LogP contribution in [-0.4, -0.2) is 11.6 Å². The predicted molar refractivity (Wildman–Crippen MR) is 126 cm³/mol. The van der Waals surface area contributed by atoms with Crippen LogP contribution in [0.3, 0.4) is 0 Å². The van der Waals surface area contributed by atoms with Crippen LogP contribution in [0.15, 0.2) is 66.7 Å². The van der Waals surface area contributed by atoms with Crippen molar-refractivity contribution in [3.05, 3.63) is 83.4 Å². The second kappa shape index (κ2) is 10.2. The first-order valence-corrected chi connectivity index (χ1v) is 11.4. The Morgan fingerprint density at radius 2 is 1.53 bits per heavy atom. The molecule has 0 saturated heterocycles. The zero-order chi connectivity index (χ0) is 25.1. The maximum Gasteiger partial charge on any atom is 0.416 e. The van der Waals surface area contributed by atoms with Gasteiger partial charge in [0.15, 0.2) is 0 Å². The van der Waals surface area contributed by atoms with E-state index in [1.165, 1.54) is 12.1 Å². The SMILES string of the molecule is CC(c1ccc2ccccc2c1)C(CCC(F)c1cccc(C(F)(F)F)c1)C(=O)OC(C)(C)C. The van der Waals surface area contributed by atoms with E-state index < -0.39 is 35.4 Å². The lowest BCUT2D eigenvalue weighted by Gasteiger charge is -2.28. The molecule has 0 heterocycles. The minimum atomic E-state index is -4.54. The third-order valence-electron chi connectivity index (χ3n) is 5.92. The zero-order valence-electron chi connectivity index (χ0n) is 19.8. The maximum atomic E-state index is 15.0. The van der Waals surface area contributed by atoms with E-state index in [9.17, 15) is 18.0 Å². The van der Waals surface area contributed by atoms with Crippen LogP contribution in [0, 0.1) is 5.92 Å². The van der Waals surface area contributed by atoms with Crippen LogP contribution in [0.25, 0.3) is 10.8 Å². The molecule has 2 nitrogen and oxygen atoms in total. The summed E-state index contributed by atoms with van der Waals surface area (Å²) in [6.07, 6.45) is -6.13. The number of ether oxygens (including phenoxy) is 1. The third-order valence-corrected chi connectivity index (χ3v) is 5.92. The Bertz CT molecular complexity index is 1130. The van der Waals surface area contributed by atoms with E-state index in [1.54, 1.807) is 20.8 Å². The highest BCUT2D eigenvalue weighted by molar-refractivity contribution is 5.83. The first-order valence-electron chi connectivity index (χ1n) is 11.4. The summed E-state index contributed by atoms with van der Waals surface area (Å²) in [4.78, 5) is 13.1. The molecular weight excluding hydrogens is 444 g/mol. The molecule has 0 fully saturated rings. The van der Waals surface area contributed by atoms with Crippen molar-refractivity contribution in [2.45, 2.75) is 64.4 Å². The minimum absolute atomic E-state index is 0.0453. The van der Waals surface area contributed by atoms with Crippen LogP contribution in [-0.2, 0) is 15.7 Å². The first kappa shape index (κ1) is 25.7. The van der Waals surface area contributed by atoms with Gasteiger partial charge >= 0.3 is 12.1 Å². The minimum Gasteiger partial charge on any atom is -0.460 e. The average molecular weight is 475 g/mol. The number of carbonyl (C=O) groups excluding carboxylic acids is 1. The molecule has 3 aromatic rings. The molecule has 182 valence electrons. The number of hydrogen-bond acceptors (Lipinski definition) is 2. The van der Waals surface area contributed by atoms with Gasteiger partial charge in [-0.1, -0.05) is 61.5 Å². The quantitative estimate of drug-likeness (QED) is 0.254. The number of fused-ring (bicyclic) bond motifs is 1. The molecule has 0 aliphatic carbocycles. The van der Waals surface area contributed by atoms with Crippen LogP contribution in [0.5, 0.6) is 0 Å². The number of carbonyl (C=O) groups is 1. The van der Waals surface area contributed by atoms with E-state index in [0.29, 0.717) is 0 Å². The molecule has 0 saturated carbocycles. The Balaban J connectivity index is 1.83. The summed E-state index contributed by atoms with van der Waals surface area (Å²) in [5, 5.41) is 2.10. The van der Waals surface area contributed by atoms with Gasteiger partial charge in [-0.3, -0.25) is 4.79 Å². The van der Waals surface area contributed by atoms with Gasteiger partial charge in [-0.05, 0) is 73.6 Å². The van der Waals surface area contributed by atoms with Crippen molar-refractivity contribution in [2.24, 2.45) is 5.92 Å². The van der Waals surface area contributed by atoms with E-state index in [0.717, 1.165) is 28.5 Å². The predicted octanol–water partition coefficient (Wildman–Crippen LogP) is 8.41. The Morgan fingerprint density at radius 3 is 2.18 bits per heavy atom. The molecule has 3 atom stereocenters. The van der Waals surface area contributed by atoms with Gasteiger partial charge in [0.25, 0.3) is 0 Å². The summed E-state index contributed by atoms with van der Waals surface area (Å²) < 4.78 is 59.7. The van der Waals surface area contributed by atoms with Gasteiger partial charge in [0.1, 0.15) is 11.8 Å². The molecule has 0 aliphatic heterocycles. The summed E-state index contributed by atoms with van der Waals surface area (Å²) in [5.41, 5.74) is -0.727. The first-order chi connectivity index (χ1) is 15.8. The summed E-state index contributed by atoms with van der Waals surface area (Å²) in [5.74, 6) is -1.36. The van der Waals surface area contributed by atoms with E-state index >= 15 is 4.39 Å². The van der Waals surface area contributed by atoms with E-state index in [4.69, 9.17) is 4.74 Å². The Morgan fingerprint density at radius 1 is 0.853 bits per heavy atom. The number of rotatable bonds is 7. The molecule has 3 aromatic carbocycles. The normalized spacial score (nSPS) is 15.1. The summed E-state index contributed by atoms with van der Waals surface area (Å²) in [6.45, 7) is 7.20. The Kier molecular flexibility index (Phi) is 7.69. The smallest absolute Gasteiger partial charge is 0.416 e. The van der Waals surface area contributed by atoms with Crippen LogP contribution < -0.4 is 0 Å². The molecule has 0 spiro atoms. The Hall–Kier alpha value is -2.89. The van der Waals surface area contributed by atoms with Crippen LogP contribution in [0.1, 0.15) is 69.3 Å². The van der Waals surface area contributed by atoms with Gasteiger partial charge in [0.2, 0.25) is 0 Å². The van der Waals surface area contributed by atoms with Gasteiger partial charge in [-0.15, -0.1) is 0 Å².